The van der Waals surface area contributed by atoms with Gasteiger partial charge in [-0.05, 0) is 49.6 Å². The Labute approximate surface area is 198 Å². The number of piperidine rings is 1. The molecule has 1 aliphatic heterocycles. The van der Waals surface area contributed by atoms with Crippen LogP contribution in [-0.2, 0) is 4.79 Å². The lowest BCUT2D eigenvalue weighted by atomic mass is 9.92. The van der Waals surface area contributed by atoms with Gasteiger partial charge >= 0.3 is 0 Å². The lowest BCUT2D eigenvalue weighted by molar-refractivity contribution is -0.123. The van der Waals surface area contributed by atoms with Crippen LogP contribution in [0, 0.1) is 5.41 Å². The number of fused-ring (bicyclic) bond motifs is 1. The Morgan fingerprint density at radius 1 is 1.00 bits per heavy atom. The van der Waals surface area contributed by atoms with Crippen molar-refractivity contribution in [2.45, 2.75) is 45.2 Å². The van der Waals surface area contributed by atoms with Gasteiger partial charge in [0.2, 0.25) is 0 Å². The summed E-state index contributed by atoms with van der Waals surface area (Å²) in [5.74, 6) is 0.263. The molecule has 172 valence electrons. The quantitative estimate of drug-likeness (QED) is 0.404. The first-order valence-corrected chi connectivity index (χ1v) is 12.3. The first-order valence-electron chi connectivity index (χ1n) is 11.3. The number of para-hydroxylation sites is 1. The van der Waals surface area contributed by atoms with Crippen molar-refractivity contribution in [1.82, 2.24) is 14.5 Å². The first kappa shape index (κ1) is 23.2. The molecule has 0 N–H and O–H groups in total. The number of carbonyl (C=O) groups is 2. The van der Waals surface area contributed by atoms with Crippen LogP contribution in [0.3, 0.4) is 0 Å². The van der Waals surface area contributed by atoms with E-state index in [1.807, 2.05) is 56.0 Å². The summed E-state index contributed by atoms with van der Waals surface area (Å²) in [7, 11) is 0. The van der Waals surface area contributed by atoms with Crippen LogP contribution < -0.4 is 5.56 Å². The summed E-state index contributed by atoms with van der Waals surface area (Å²) < 4.78 is 1.55. The highest BCUT2D eigenvalue weighted by atomic mass is 32.2. The number of Topliss-reactive ketones (excluding diaryl/α,β-unsaturated/α-hetero) is 1. The Morgan fingerprint density at radius 3 is 2.36 bits per heavy atom. The summed E-state index contributed by atoms with van der Waals surface area (Å²) in [6.45, 7) is 7.16. The van der Waals surface area contributed by atoms with Crippen LogP contribution >= 0.6 is 11.8 Å². The van der Waals surface area contributed by atoms with Crippen LogP contribution in [0.25, 0.3) is 16.6 Å². The number of aromatic nitrogens is 2. The number of hydrogen-bond acceptors (Lipinski definition) is 5. The molecule has 6 nitrogen and oxygen atoms in total. The maximum Gasteiger partial charge on any atom is 0.266 e. The van der Waals surface area contributed by atoms with Gasteiger partial charge in [0.1, 0.15) is 5.78 Å². The van der Waals surface area contributed by atoms with E-state index < -0.39 is 5.41 Å². The van der Waals surface area contributed by atoms with Gasteiger partial charge < -0.3 is 4.90 Å². The third-order valence-electron chi connectivity index (χ3n) is 5.91. The van der Waals surface area contributed by atoms with Gasteiger partial charge in [0.15, 0.2) is 5.16 Å². The van der Waals surface area contributed by atoms with E-state index in [4.69, 9.17) is 4.98 Å². The minimum Gasteiger partial charge on any atom is -0.339 e. The zero-order valence-corrected chi connectivity index (χ0v) is 20.2. The molecule has 0 aliphatic carbocycles. The summed E-state index contributed by atoms with van der Waals surface area (Å²) in [6, 6.07) is 14.4. The van der Waals surface area contributed by atoms with E-state index in [0.29, 0.717) is 27.3 Å². The summed E-state index contributed by atoms with van der Waals surface area (Å²) in [5.41, 5.74) is 1.01. The number of benzene rings is 2. The van der Waals surface area contributed by atoms with E-state index >= 15 is 0 Å². The van der Waals surface area contributed by atoms with Gasteiger partial charge in [-0.15, -0.1) is 0 Å². The van der Waals surface area contributed by atoms with E-state index in [2.05, 4.69) is 0 Å². The maximum absolute atomic E-state index is 13.5. The van der Waals surface area contributed by atoms with Crippen molar-refractivity contribution in [2.24, 2.45) is 5.41 Å². The fraction of sp³-hybridized carbons (Fsp3) is 0.385. The topological polar surface area (TPSA) is 72.3 Å². The van der Waals surface area contributed by atoms with Crippen molar-refractivity contribution in [2.75, 3.05) is 18.8 Å². The molecule has 33 heavy (non-hydrogen) atoms. The maximum atomic E-state index is 13.5. The average Bonchev–Trinajstić information content (AvgIpc) is 2.82. The molecule has 0 unspecified atom stereocenters. The van der Waals surface area contributed by atoms with Gasteiger partial charge in [-0.25, -0.2) is 4.98 Å². The second-order valence-corrected chi connectivity index (χ2v) is 10.4. The van der Waals surface area contributed by atoms with Gasteiger partial charge in [0.25, 0.3) is 11.5 Å². The summed E-state index contributed by atoms with van der Waals surface area (Å²) in [4.78, 5) is 45.7. The molecular formula is C26H29N3O3S. The van der Waals surface area contributed by atoms with Crippen LogP contribution in [0.2, 0.25) is 0 Å². The normalized spacial score (nSPS) is 14.5. The molecule has 0 spiro atoms. The third kappa shape index (κ3) is 5.03. The number of ketones is 1. The number of thioether (sulfide) groups is 1. The van der Waals surface area contributed by atoms with Crippen LogP contribution in [0.15, 0.2) is 58.5 Å². The second kappa shape index (κ2) is 9.51. The molecule has 1 fully saturated rings. The van der Waals surface area contributed by atoms with E-state index in [1.165, 1.54) is 11.8 Å². The van der Waals surface area contributed by atoms with Crippen molar-refractivity contribution in [3.05, 3.63) is 64.4 Å². The first-order chi connectivity index (χ1) is 15.8. The number of likely N-dealkylation sites (tertiary alicyclic amines) is 1. The molecular weight excluding hydrogens is 434 g/mol. The van der Waals surface area contributed by atoms with Crippen LogP contribution in [0.5, 0.6) is 0 Å². The van der Waals surface area contributed by atoms with Gasteiger partial charge in [-0.2, -0.15) is 0 Å². The molecule has 7 heteroatoms. The van der Waals surface area contributed by atoms with Crippen LogP contribution in [0.1, 0.15) is 50.4 Å². The predicted molar refractivity (Wildman–Crippen MR) is 132 cm³/mol. The molecule has 1 saturated heterocycles. The highest BCUT2D eigenvalue weighted by Gasteiger charge is 2.23. The summed E-state index contributed by atoms with van der Waals surface area (Å²) >= 11 is 1.26. The number of nitrogens with zero attached hydrogens (tertiary/aromatic N) is 3. The third-order valence-corrected chi connectivity index (χ3v) is 6.85. The average molecular weight is 464 g/mol. The number of rotatable bonds is 5. The lowest BCUT2D eigenvalue weighted by Gasteiger charge is -2.26. The van der Waals surface area contributed by atoms with Gasteiger partial charge in [-0.3, -0.25) is 19.0 Å². The molecule has 0 bridgehead atoms. The summed E-state index contributed by atoms with van der Waals surface area (Å²) in [5, 5.41) is 0.888. The minimum atomic E-state index is -0.476. The SMILES string of the molecule is CC(C)(C)C(=O)CSc1nc2cc(C(=O)N3CCCCC3)ccc2c(=O)n1-c1ccccc1. The summed E-state index contributed by atoms with van der Waals surface area (Å²) in [6.07, 6.45) is 3.18. The van der Waals surface area contributed by atoms with Crippen molar-refractivity contribution >= 4 is 34.4 Å². The molecule has 3 aromatic rings. The number of hydrogen-bond donors (Lipinski definition) is 0. The molecule has 2 aromatic carbocycles. The van der Waals surface area contributed by atoms with Crippen molar-refractivity contribution in [3.8, 4) is 5.69 Å². The standard InChI is InChI=1S/C26H29N3O3S/c1-26(2,3)22(30)17-33-25-27-21-16-18(23(31)28-14-8-5-9-15-28)12-13-20(21)24(32)29(25)19-10-6-4-7-11-19/h4,6-7,10-13,16H,5,8-9,14-15,17H2,1-3H3. The molecule has 1 amide bonds. The highest BCUT2D eigenvalue weighted by Crippen LogP contribution is 2.25. The molecule has 1 aliphatic rings. The van der Waals surface area contributed by atoms with Gasteiger partial charge in [0.05, 0.1) is 22.3 Å². The number of amides is 1. The van der Waals surface area contributed by atoms with Gasteiger partial charge in [-0.1, -0.05) is 50.7 Å². The van der Waals surface area contributed by atoms with E-state index in [1.54, 1.807) is 22.8 Å². The van der Waals surface area contributed by atoms with E-state index in [9.17, 15) is 14.4 Å². The Hall–Kier alpha value is -2.93. The molecule has 0 radical (unpaired) electrons. The lowest BCUT2D eigenvalue weighted by Crippen LogP contribution is -2.35. The van der Waals surface area contributed by atoms with Crippen LogP contribution in [-0.4, -0.2) is 45.0 Å². The second-order valence-electron chi connectivity index (χ2n) is 9.42. The van der Waals surface area contributed by atoms with Crippen molar-refractivity contribution in [3.63, 3.8) is 0 Å². The molecule has 1 aromatic heterocycles. The Bertz CT molecular complexity index is 1240. The number of carbonyl (C=O) groups excluding carboxylic acids is 2. The van der Waals surface area contributed by atoms with E-state index in [-0.39, 0.29) is 23.0 Å². The fourth-order valence-electron chi connectivity index (χ4n) is 3.83. The Balaban J connectivity index is 1.78. The fourth-order valence-corrected chi connectivity index (χ4v) is 5.00. The smallest absolute Gasteiger partial charge is 0.266 e. The van der Waals surface area contributed by atoms with Crippen LogP contribution in [0.4, 0.5) is 0 Å². The Morgan fingerprint density at radius 2 is 1.70 bits per heavy atom. The molecule has 4 rings (SSSR count). The monoisotopic (exact) mass is 463 g/mol. The largest absolute Gasteiger partial charge is 0.339 e. The zero-order chi connectivity index (χ0) is 23.6. The molecule has 2 heterocycles. The predicted octanol–water partition coefficient (Wildman–Crippen LogP) is 4.72. The highest BCUT2D eigenvalue weighted by molar-refractivity contribution is 7.99. The van der Waals surface area contributed by atoms with Crippen molar-refractivity contribution < 1.29 is 9.59 Å². The van der Waals surface area contributed by atoms with Gasteiger partial charge in [0, 0.05) is 24.1 Å². The molecule has 0 atom stereocenters. The Kier molecular flexibility index (Phi) is 6.70. The molecule has 0 saturated carbocycles. The zero-order valence-electron chi connectivity index (χ0n) is 19.3. The minimum absolute atomic E-state index is 0.0252. The van der Waals surface area contributed by atoms with Crippen molar-refractivity contribution in [1.29, 1.82) is 0 Å². The van der Waals surface area contributed by atoms with E-state index in [0.717, 1.165) is 32.4 Å².